The first-order chi connectivity index (χ1) is 12.9. The van der Waals surface area contributed by atoms with E-state index in [9.17, 15) is 18.0 Å². The lowest BCUT2D eigenvalue weighted by Gasteiger charge is -2.32. The van der Waals surface area contributed by atoms with E-state index in [2.05, 4.69) is 5.32 Å². The van der Waals surface area contributed by atoms with Crippen molar-refractivity contribution in [3.05, 3.63) is 41.4 Å². The Labute approximate surface area is 163 Å². The summed E-state index contributed by atoms with van der Waals surface area (Å²) in [6.45, 7) is 8.80. The molecule has 28 heavy (non-hydrogen) atoms. The molecule has 2 heterocycles. The summed E-state index contributed by atoms with van der Waals surface area (Å²) in [4.78, 5) is 14.0. The number of nitrogens with one attached hydrogen (secondary N) is 1. The van der Waals surface area contributed by atoms with Crippen LogP contribution in [0, 0.1) is 0 Å². The lowest BCUT2D eigenvalue weighted by atomic mass is 9.75. The summed E-state index contributed by atoms with van der Waals surface area (Å²) in [5.41, 5.74) is -0.278. The van der Waals surface area contributed by atoms with E-state index in [0.717, 1.165) is 17.6 Å². The summed E-state index contributed by atoms with van der Waals surface area (Å²) in [7, 11) is -0.426. The molecule has 0 aliphatic carbocycles. The first-order valence-electron chi connectivity index (χ1n) is 9.17. The molecule has 2 amide bonds. The summed E-state index contributed by atoms with van der Waals surface area (Å²) >= 11 is 0. The Bertz CT molecular complexity index is 760. The van der Waals surface area contributed by atoms with Crippen molar-refractivity contribution in [2.75, 3.05) is 18.4 Å². The number of anilines is 1. The Kier molecular flexibility index (Phi) is 5.27. The van der Waals surface area contributed by atoms with Crippen LogP contribution in [0.5, 0.6) is 0 Å². The van der Waals surface area contributed by atoms with E-state index in [1.54, 1.807) is 4.90 Å². The van der Waals surface area contributed by atoms with Crippen LogP contribution < -0.4 is 5.32 Å². The smallest absolute Gasteiger partial charge is 0.400 e. The molecule has 0 radical (unpaired) electrons. The van der Waals surface area contributed by atoms with E-state index in [4.69, 9.17) is 9.31 Å². The molecule has 2 aliphatic rings. The zero-order valence-electron chi connectivity index (χ0n) is 16.4. The van der Waals surface area contributed by atoms with Gasteiger partial charge in [0.05, 0.1) is 16.8 Å². The predicted molar refractivity (Wildman–Crippen MR) is 101 cm³/mol. The normalized spacial score (nSPS) is 21.5. The van der Waals surface area contributed by atoms with E-state index in [1.165, 1.54) is 12.1 Å². The van der Waals surface area contributed by atoms with Gasteiger partial charge in [-0.15, -0.1) is 0 Å². The molecule has 0 saturated carbocycles. The second kappa shape index (κ2) is 7.11. The van der Waals surface area contributed by atoms with Gasteiger partial charge in [0.1, 0.15) is 0 Å². The Hall–Kier alpha value is -2.00. The third-order valence-corrected chi connectivity index (χ3v) is 5.55. The van der Waals surface area contributed by atoms with Gasteiger partial charge in [0.25, 0.3) is 0 Å². The second-order valence-corrected chi connectivity index (χ2v) is 8.07. The highest BCUT2D eigenvalue weighted by molar-refractivity contribution is 6.54. The molecule has 1 saturated heterocycles. The molecular formula is C19H24BF3N2O3. The van der Waals surface area contributed by atoms with Crippen molar-refractivity contribution in [1.29, 1.82) is 0 Å². The summed E-state index contributed by atoms with van der Waals surface area (Å²) in [5, 5.41) is 2.63. The Morgan fingerprint density at radius 2 is 1.68 bits per heavy atom. The van der Waals surface area contributed by atoms with Gasteiger partial charge in [-0.3, -0.25) is 0 Å². The van der Waals surface area contributed by atoms with Crippen molar-refractivity contribution in [2.24, 2.45) is 0 Å². The van der Waals surface area contributed by atoms with Crippen molar-refractivity contribution in [2.45, 2.75) is 51.5 Å². The first kappa shape index (κ1) is 20.7. The van der Waals surface area contributed by atoms with Gasteiger partial charge in [-0.25, -0.2) is 4.79 Å². The van der Waals surface area contributed by atoms with Crippen LogP contribution in [0.25, 0.3) is 0 Å². The molecule has 9 heteroatoms. The molecule has 0 spiro atoms. The number of halogens is 3. The molecule has 2 aliphatic heterocycles. The number of benzene rings is 1. The van der Waals surface area contributed by atoms with Crippen molar-refractivity contribution < 1.29 is 27.3 Å². The molecule has 1 aromatic carbocycles. The van der Waals surface area contributed by atoms with Crippen LogP contribution in [-0.2, 0) is 15.5 Å². The minimum absolute atomic E-state index is 0.318. The van der Waals surface area contributed by atoms with Gasteiger partial charge in [0.2, 0.25) is 0 Å². The SMILES string of the molecule is CC1(C)OB(C2=CCN(C(=O)Nc3ccc(C(F)(F)F)cc3)CC2)OC1(C)C. The fraction of sp³-hybridized carbons (Fsp3) is 0.526. The average Bonchev–Trinajstić information content (AvgIpc) is 2.82. The van der Waals surface area contributed by atoms with Crippen molar-refractivity contribution in [3.8, 4) is 0 Å². The standard InChI is InChI=1S/C19H24BF3N2O3/c1-17(2)18(3,4)28-20(27-17)14-9-11-25(12-10-14)16(26)24-15-7-5-13(6-8-15)19(21,22)23/h5-9H,10-12H2,1-4H3,(H,24,26). The Morgan fingerprint density at radius 3 is 2.14 bits per heavy atom. The van der Waals surface area contributed by atoms with E-state index < -0.39 is 30.1 Å². The highest BCUT2D eigenvalue weighted by Gasteiger charge is 2.52. The lowest BCUT2D eigenvalue weighted by molar-refractivity contribution is -0.137. The number of amides is 2. The van der Waals surface area contributed by atoms with Crippen molar-refractivity contribution in [1.82, 2.24) is 4.90 Å². The van der Waals surface area contributed by atoms with Gasteiger partial charge in [-0.1, -0.05) is 6.08 Å². The van der Waals surface area contributed by atoms with E-state index in [0.29, 0.717) is 25.2 Å². The first-order valence-corrected chi connectivity index (χ1v) is 9.17. The number of urea groups is 1. The molecule has 0 unspecified atom stereocenters. The number of hydrogen-bond acceptors (Lipinski definition) is 3. The average molecular weight is 396 g/mol. The van der Waals surface area contributed by atoms with Crippen LogP contribution in [0.3, 0.4) is 0 Å². The minimum Gasteiger partial charge on any atom is -0.400 e. The van der Waals surface area contributed by atoms with Gasteiger partial charge >= 0.3 is 19.3 Å². The topological polar surface area (TPSA) is 50.8 Å². The van der Waals surface area contributed by atoms with Crippen LogP contribution in [0.2, 0.25) is 0 Å². The van der Waals surface area contributed by atoms with Crippen LogP contribution >= 0.6 is 0 Å². The summed E-state index contributed by atoms with van der Waals surface area (Å²) in [5.74, 6) is 0. The van der Waals surface area contributed by atoms with E-state index in [-0.39, 0.29) is 6.03 Å². The predicted octanol–water partition coefficient (Wildman–Crippen LogP) is 4.50. The third-order valence-electron chi connectivity index (χ3n) is 5.55. The number of carbonyl (C=O) groups is 1. The summed E-state index contributed by atoms with van der Waals surface area (Å²) < 4.78 is 49.9. The molecule has 1 aromatic rings. The summed E-state index contributed by atoms with van der Waals surface area (Å²) in [6.07, 6.45) is -1.88. The molecule has 0 bridgehead atoms. The molecule has 3 rings (SSSR count). The monoisotopic (exact) mass is 396 g/mol. The number of rotatable bonds is 2. The molecule has 0 atom stereocenters. The van der Waals surface area contributed by atoms with E-state index in [1.807, 2.05) is 33.8 Å². The highest BCUT2D eigenvalue weighted by atomic mass is 19.4. The van der Waals surface area contributed by atoms with Gasteiger partial charge < -0.3 is 19.5 Å². The van der Waals surface area contributed by atoms with Crippen LogP contribution in [0.1, 0.15) is 39.7 Å². The van der Waals surface area contributed by atoms with Gasteiger partial charge in [-0.05, 0) is 63.9 Å². The fourth-order valence-corrected chi connectivity index (χ4v) is 3.02. The van der Waals surface area contributed by atoms with Crippen molar-refractivity contribution >= 4 is 18.8 Å². The molecule has 5 nitrogen and oxygen atoms in total. The van der Waals surface area contributed by atoms with Crippen LogP contribution in [0.4, 0.5) is 23.7 Å². The van der Waals surface area contributed by atoms with Crippen molar-refractivity contribution in [3.63, 3.8) is 0 Å². The molecule has 0 aromatic heterocycles. The zero-order valence-corrected chi connectivity index (χ0v) is 16.4. The summed E-state index contributed by atoms with van der Waals surface area (Å²) in [6, 6.07) is 4.03. The van der Waals surface area contributed by atoms with Gasteiger partial charge in [-0.2, -0.15) is 13.2 Å². The molecule has 1 fully saturated rings. The maximum Gasteiger partial charge on any atom is 0.490 e. The Morgan fingerprint density at radius 1 is 1.11 bits per heavy atom. The Balaban J connectivity index is 1.58. The number of carbonyl (C=O) groups excluding carboxylic acids is 1. The molecule has 152 valence electrons. The fourth-order valence-electron chi connectivity index (χ4n) is 3.02. The van der Waals surface area contributed by atoms with Crippen LogP contribution in [0.15, 0.2) is 35.8 Å². The van der Waals surface area contributed by atoms with Gasteiger partial charge in [0.15, 0.2) is 0 Å². The third kappa shape index (κ3) is 4.20. The molecule has 1 N–H and O–H groups in total. The lowest BCUT2D eigenvalue weighted by Crippen LogP contribution is -2.41. The maximum absolute atomic E-state index is 12.6. The second-order valence-electron chi connectivity index (χ2n) is 8.07. The largest absolute Gasteiger partial charge is 0.490 e. The number of nitrogens with zero attached hydrogens (tertiary/aromatic N) is 1. The molecular weight excluding hydrogens is 372 g/mol. The van der Waals surface area contributed by atoms with Gasteiger partial charge in [0, 0.05) is 18.8 Å². The quantitative estimate of drug-likeness (QED) is 0.749. The van der Waals surface area contributed by atoms with Crippen LogP contribution in [-0.4, -0.2) is 42.3 Å². The maximum atomic E-state index is 12.6. The number of hydrogen-bond donors (Lipinski definition) is 1. The zero-order chi connectivity index (χ0) is 20.7. The van der Waals surface area contributed by atoms with E-state index >= 15 is 0 Å². The highest BCUT2D eigenvalue weighted by Crippen LogP contribution is 2.39. The minimum atomic E-state index is -4.40. The number of alkyl halides is 3.